The molecule has 5 nitrogen and oxygen atoms in total. The fraction of sp³-hybridized carbons (Fsp3) is 0.133. The van der Waals surface area contributed by atoms with Gasteiger partial charge in [0.2, 0.25) is 10.9 Å². The first-order chi connectivity index (χ1) is 11.0. The molecule has 2 heterocycles. The molecule has 0 amide bonds. The number of carbonyl (C=O) groups is 1. The van der Waals surface area contributed by atoms with E-state index in [4.69, 9.17) is 32.2 Å². The van der Waals surface area contributed by atoms with E-state index >= 15 is 0 Å². The summed E-state index contributed by atoms with van der Waals surface area (Å²) in [7, 11) is 0. The molecule has 0 saturated heterocycles. The zero-order chi connectivity index (χ0) is 16.6. The second-order valence-electron chi connectivity index (χ2n) is 4.74. The third kappa shape index (κ3) is 3.15. The largest absolute Gasteiger partial charge is 0.361 e. The molecule has 0 unspecified atom stereocenters. The topological polar surface area (TPSA) is 69.1 Å². The fourth-order valence-electron chi connectivity index (χ4n) is 1.98. The number of halogens is 2. The Bertz CT molecular complexity index is 868. The van der Waals surface area contributed by atoms with Gasteiger partial charge in [-0.05, 0) is 37.7 Å². The van der Waals surface area contributed by atoms with E-state index in [0.29, 0.717) is 37.7 Å². The van der Waals surface area contributed by atoms with Crippen molar-refractivity contribution in [1.82, 2.24) is 10.3 Å². The molecule has 0 aliphatic carbocycles. The predicted octanol–water partition coefficient (Wildman–Crippen LogP) is 5.19. The highest BCUT2D eigenvalue weighted by atomic mass is 35.5. The molecule has 0 N–H and O–H groups in total. The minimum Gasteiger partial charge on any atom is -0.361 e. The van der Waals surface area contributed by atoms with Gasteiger partial charge in [0.05, 0.1) is 20.6 Å². The Kier molecular flexibility index (Phi) is 4.48. The van der Waals surface area contributed by atoms with Crippen LogP contribution in [0.4, 0.5) is 0 Å². The molecule has 0 spiro atoms. The molecule has 0 aliphatic rings. The first-order valence-corrected chi connectivity index (χ1v) is 8.10. The number of hydrogen-bond donors (Lipinski definition) is 0. The summed E-state index contributed by atoms with van der Waals surface area (Å²) >= 11 is 13.1. The lowest BCUT2D eigenvalue weighted by Crippen LogP contribution is -1.97. The van der Waals surface area contributed by atoms with Gasteiger partial charge in [-0.15, -0.1) is 0 Å². The molecule has 3 rings (SSSR count). The molecule has 23 heavy (non-hydrogen) atoms. The maximum Gasteiger partial charge on any atom is 0.230 e. The van der Waals surface area contributed by atoms with Gasteiger partial charge in [0.25, 0.3) is 0 Å². The summed E-state index contributed by atoms with van der Waals surface area (Å²) in [5.41, 5.74) is 1.19. The van der Waals surface area contributed by atoms with Gasteiger partial charge in [-0.1, -0.05) is 39.6 Å². The van der Waals surface area contributed by atoms with E-state index in [1.54, 1.807) is 38.1 Å². The van der Waals surface area contributed by atoms with Crippen LogP contribution >= 0.6 is 35.0 Å². The molecule has 8 heteroatoms. The van der Waals surface area contributed by atoms with Crippen molar-refractivity contribution in [3.8, 4) is 11.5 Å². The van der Waals surface area contributed by atoms with Crippen LogP contribution in [0.25, 0.3) is 11.5 Å². The van der Waals surface area contributed by atoms with E-state index in [1.165, 1.54) is 0 Å². The first-order valence-electron chi connectivity index (χ1n) is 6.53. The number of rotatable bonds is 3. The van der Waals surface area contributed by atoms with Crippen LogP contribution in [-0.2, 0) is 0 Å². The van der Waals surface area contributed by atoms with Crippen molar-refractivity contribution >= 4 is 40.1 Å². The van der Waals surface area contributed by atoms with Gasteiger partial charge >= 0.3 is 0 Å². The van der Waals surface area contributed by atoms with E-state index in [-0.39, 0.29) is 10.9 Å². The van der Waals surface area contributed by atoms with Crippen LogP contribution in [0.5, 0.6) is 0 Å². The van der Waals surface area contributed by atoms with Crippen molar-refractivity contribution in [1.29, 1.82) is 0 Å². The van der Waals surface area contributed by atoms with Crippen LogP contribution in [0, 0.1) is 13.8 Å². The summed E-state index contributed by atoms with van der Waals surface area (Å²) in [6, 6.07) is 6.73. The third-order valence-electron chi connectivity index (χ3n) is 3.04. The average molecular weight is 369 g/mol. The molecule has 1 aromatic carbocycles. The highest BCUT2D eigenvalue weighted by Gasteiger charge is 2.26. The molecular formula is C15H10Cl2N2O3S. The van der Waals surface area contributed by atoms with Gasteiger partial charge in [0, 0.05) is 6.07 Å². The third-order valence-corrected chi connectivity index (χ3v) is 4.93. The van der Waals surface area contributed by atoms with Crippen molar-refractivity contribution in [2.24, 2.45) is 0 Å². The summed E-state index contributed by atoms with van der Waals surface area (Å²) in [5, 5.41) is 8.24. The molecule has 0 aliphatic heterocycles. The number of carbonyl (C=O) groups excluding carboxylic acids is 1. The number of nitrogens with zero attached hydrogens (tertiary/aromatic N) is 2. The van der Waals surface area contributed by atoms with Gasteiger partial charge in [-0.25, -0.2) is 0 Å². The lowest BCUT2D eigenvalue weighted by Gasteiger charge is -2.05. The van der Waals surface area contributed by atoms with Crippen molar-refractivity contribution in [2.75, 3.05) is 0 Å². The van der Waals surface area contributed by atoms with Gasteiger partial charge in [-0.3, -0.25) is 4.79 Å². The second kappa shape index (κ2) is 6.39. The summed E-state index contributed by atoms with van der Waals surface area (Å²) in [4.78, 5) is 13.2. The molecule has 3 aromatic rings. The van der Waals surface area contributed by atoms with E-state index in [1.807, 2.05) is 0 Å². The van der Waals surface area contributed by atoms with E-state index in [2.05, 4.69) is 10.3 Å². The van der Waals surface area contributed by atoms with Gasteiger partial charge in [0.15, 0.2) is 5.69 Å². The lowest BCUT2D eigenvalue weighted by atomic mass is 10.1. The minimum absolute atomic E-state index is 0.264. The molecule has 0 saturated carbocycles. The van der Waals surface area contributed by atoms with Crippen LogP contribution in [0.3, 0.4) is 0 Å². The van der Waals surface area contributed by atoms with Gasteiger partial charge in [-0.2, -0.15) is 0 Å². The number of benzene rings is 1. The van der Waals surface area contributed by atoms with Crippen molar-refractivity contribution in [3.63, 3.8) is 0 Å². The SMILES string of the molecule is Cc1cc(-c2onc(C)c2C(=O)Sc2c(Cl)cccc2Cl)no1. The van der Waals surface area contributed by atoms with E-state index in [9.17, 15) is 4.79 Å². The van der Waals surface area contributed by atoms with Crippen molar-refractivity contribution < 1.29 is 13.8 Å². The van der Waals surface area contributed by atoms with E-state index < -0.39 is 0 Å². The van der Waals surface area contributed by atoms with Crippen LogP contribution < -0.4 is 0 Å². The van der Waals surface area contributed by atoms with Crippen molar-refractivity contribution in [2.45, 2.75) is 18.7 Å². The molecule has 2 aromatic heterocycles. The Morgan fingerprint density at radius 2 is 1.83 bits per heavy atom. The van der Waals surface area contributed by atoms with Crippen LogP contribution in [0.1, 0.15) is 21.8 Å². The Morgan fingerprint density at radius 1 is 1.13 bits per heavy atom. The van der Waals surface area contributed by atoms with E-state index in [0.717, 1.165) is 11.8 Å². The Morgan fingerprint density at radius 3 is 2.43 bits per heavy atom. The smallest absolute Gasteiger partial charge is 0.230 e. The Hall–Kier alpha value is -1.76. The molecule has 0 atom stereocenters. The second-order valence-corrected chi connectivity index (χ2v) is 6.53. The first kappa shape index (κ1) is 16.1. The Balaban J connectivity index is 1.99. The highest BCUT2D eigenvalue weighted by Crippen LogP contribution is 2.38. The Labute approximate surface area is 145 Å². The standard InChI is InChI=1S/C15H10Cl2N2O3S/c1-7-6-11(19-21-7)13-12(8(2)18-22-13)15(20)23-14-9(16)4-3-5-10(14)17/h3-6H,1-2H3. The van der Waals surface area contributed by atoms with Gasteiger partial charge < -0.3 is 9.05 Å². The molecule has 0 radical (unpaired) electrons. The monoisotopic (exact) mass is 368 g/mol. The number of thioether (sulfide) groups is 1. The predicted molar refractivity (Wildman–Crippen MR) is 88.1 cm³/mol. The van der Waals surface area contributed by atoms with Gasteiger partial charge in [0.1, 0.15) is 11.3 Å². The fourth-order valence-corrected chi connectivity index (χ4v) is 3.47. The van der Waals surface area contributed by atoms with Crippen molar-refractivity contribution in [3.05, 3.63) is 51.3 Å². The normalized spacial score (nSPS) is 11.0. The van der Waals surface area contributed by atoms with Crippen LogP contribution in [-0.4, -0.2) is 15.4 Å². The number of hydrogen-bond acceptors (Lipinski definition) is 6. The number of aromatic nitrogens is 2. The molecule has 118 valence electrons. The highest BCUT2D eigenvalue weighted by molar-refractivity contribution is 8.14. The number of aryl methyl sites for hydroxylation is 2. The minimum atomic E-state index is -0.283. The zero-order valence-electron chi connectivity index (χ0n) is 12.1. The maximum absolute atomic E-state index is 12.7. The van der Waals surface area contributed by atoms with Crippen LogP contribution in [0.15, 0.2) is 38.2 Å². The van der Waals surface area contributed by atoms with Crippen LogP contribution in [0.2, 0.25) is 10.0 Å². The molecule has 0 bridgehead atoms. The summed E-state index contributed by atoms with van der Waals surface area (Å²) < 4.78 is 10.3. The molecular weight excluding hydrogens is 359 g/mol. The maximum atomic E-state index is 12.7. The average Bonchev–Trinajstić information content (AvgIpc) is 3.09. The summed E-state index contributed by atoms with van der Waals surface area (Å²) in [5.74, 6) is 0.870. The quantitative estimate of drug-likeness (QED) is 0.592. The summed E-state index contributed by atoms with van der Waals surface area (Å²) in [6.07, 6.45) is 0. The zero-order valence-corrected chi connectivity index (χ0v) is 14.4. The summed E-state index contributed by atoms with van der Waals surface area (Å²) in [6.45, 7) is 3.43. The molecule has 0 fully saturated rings. The lowest BCUT2D eigenvalue weighted by molar-refractivity contribution is 0.108.